The average Bonchev–Trinajstić information content (AvgIpc) is 2.35. The van der Waals surface area contributed by atoms with Crippen LogP contribution in [-0.2, 0) is 0 Å². The van der Waals surface area contributed by atoms with Crippen LogP contribution in [0.15, 0.2) is 11.1 Å². The summed E-state index contributed by atoms with van der Waals surface area (Å²) in [6, 6.07) is 0. The van der Waals surface area contributed by atoms with Gasteiger partial charge in [0.25, 0.3) is 0 Å². The first-order valence-electron chi connectivity index (χ1n) is 4.72. The topological polar surface area (TPSA) is 0 Å². The standard InChI is InChI=1S/C11H16/c1-8-4-3-5-10-9(2)6-7-11(8)10/h8,11H,3-4,6-7H2,1-2H3. The second kappa shape index (κ2) is 2.66. The molecule has 11 heavy (non-hydrogen) atoms. The molecular formula is C11H16. The third-order valence-electron chi connectivity index (χ3n) is 3.26. The van der Waals surface area contributed by atoms with Gasteiger partial charge in [0.2, 0.25) is 0 Å². The van der Waals surface area contributed by atoms with E-state index in [0.717, 1.165) is 11.8 Å². The van der Waals surface area contributed by atoms with E-state index >= 15 is 0 Å². The average molecular weight is 148 g/mol. The van der Waals surface area contributed by atoms with E-state index < -0.39 is 0 Å². The zero-order chi connectivity index (χ0) is 7.84. The lowest BCUT2D eigenvalue weighted by molar-refractivity contribution is 0.357. The molecule has 2 aliphatic rings. The molecule has 0 N–H and O–H groups in total. The minimum Gasteiger partial charge on any atom is -0.0732 e. The van der Waals surface area contributed by atoms with E-state index in [0.29, 0.717) is 0 Å². The van der Waals surface area contributed by atoms with Gasteiger partial charge in [0.05, 0.1) is 0 Å². The third-order valence-corrected chi connectivity index (χ3v) is 3.26. The van der Waals surface area contributed by atoms with Gasteiger partial charge < -0.3 is 0 Å². The van der Waals surface area contributed by atoms with Crippen molar-refractivity contribution in [2.45, 2.75) is 39.5 Å². The van der Waals surface area contributed by atoms with Crippen LogP contribution in [0, 0.1) is 18.3 Å². The predicted octanol–water partition coefficient (Wildman–Crippen LogP) is 3.22. The molecule has 0 heterocycles. The minimum atomic E-state index is 0.878. The number of hydrogen-bond donors (Lipinski definition) is 0. The summed E-state index contributed by atoms with van der Waals surface area (Å²) in [6.45, 7) is 4.67. The van der Waals surface area contributed by atoms with Crippen LogP contribution in [0.1, 0.15) is 39.5 Å². The lowest BCUT2D eigenvalue weighted by atomic mass is 9.78. The molecule has 1 saturated carbocycles. The minimum absolute atomic E-state index is 0.878. The van der Waals surface area contributed by atoms with Gasteiger partial charge in [0.15, 0.2) is 0 Å². The first-order valence-corrected chi connectivity index (χ1v) is 4.72. The van der Waals surface area contributed by atoms with E-state index in [1.807, 2.05) is 0 Å². The molecule has 0 aromatic rings. The molecule has 2 aliphatic carbocycles. The quantitative estimate of drug-likeness (QED) is 0.495. The van der Waals surface area contributed by atoms with Gasteiger partial charge in [0.1, 0.15) is 0 Å². The summed E-state index contributed by atoms with van der Waals surface area (Å²) in [5.74, 6) is 1.80. The Bertz CT molecular complexity index is 188. The van der Waals surface area contributed by atoms with Crippen LogP contribution in [0.4, 0.5) is 0 Å². The third kappa shape index (κ3) is 1.13. The summed E-state index contributed by atoms with van der Waals surface area (Å²) in [6.07, 6.45) is 8.83. The highest BCUT2D eigenvalue weighted by atomic mass is 14.4. The van der Waals surface area contributed by atoms with Gasteiger partial charge in [-0.15, -0.1) is 0 Å². The lowest BCUT2D eigenvalue weighted by Gasteiger charge is -2.27. The van der Waals surface area contributed by atoms with Crippen LogP contribution in [-0.4, -0.2) is 0 Å². The van der Waals surface area contributed by atoms with Gasteiger partial charge in [-0.2, -0.15) is 0 Å². The molecule has 1 fully saturated rings. The van der Waals surface area contributed by atoms with Crippen LogP contribution in [0.3, 0.4) is 0 Å². The Hall–Kier alpha value is -0.260. The molecule has 0 amide bonds. The van der Waals surface area contributed by atoms with E-state index in [4.69, 9.17) is 0 Å². The maximum absolute atomic E-state index is 3.54. The maximum Gasteiger partial charge on any atom is 0.0122 e. The van der Waals surface area contributed by atoms with Crippen molar-refractivity contribution in [3.8, 4) is 0 Å². The van der Waals surface area contributed by atoms with E-state index in [-0.39, 0.29) is 0 Å². The van der Waals surface area contributed by atoms with Crippen LogP contribution >= 0.6 is 0 Å². The van der Waals surface area contributed by atoms with Gasteiger partial charge in [-0.25, -0.2) is 0 Å². The van der Waals surface area contributed by atoms with Crippen molar-refractivity contribution in [1.29, 1.82) is 0 Å². The molecule has 0 heteroatoms. The maximum atomic E-state index is 3.54. The first kappa shape index (κ1) is 7.39. The van der Waals surface area contributed by atoms with Gasteiger partial charge in [-0.1, -0.05) is 18.1 Å². The highest BCUT2D eigenvalue weighted by Gasteiger charge is 2.30. The Balaban J connectivity index is 2.21. The Morgan fingerprint density at radius 1 is 1.36 bits per heavy atom. The summed E-state index contributed by atoms with van der Waals surface area (Å²) in [4.78, 5) is 0. The van der Waals surface area contributed by atoms with Crippen LogP contribution in [0.2, 0.25) is 0 Å². The summed E-state index contributed by atoms with van der Waals surface area (Å²) in [5.41, 5.74) is 3.20. The largest absolute Gasteiger partial charge is 0.0732 e. The first-order chi connectivity index (χ1) is 5.29. The fourth-order valence-electron chi connectivity index (χ4n) is 2.45. The van der Waals surface area contributed by atoms with Crippen LogP contribution in [0.25, 0.3) is 0 Å². The molecule has 0 nitrogen and oxygen atoms in total. The zero-order valence-corrected chi connectivity index (χ0v) is 7.48. The molecular weight excluding hydrogens is 132 g/mol. The van der Waals surface area contributed by atoms with E-state index in [1.54, 1.807) is 11.1 Å². The van der Waals surface area contributed by atoms with Crippen LogP contribution < -0.4 is 0 Å². The van der Waals surface area contributed by atoms with E-state index in [1.165, 1.54) is 25.7 Å². The van der Waals surface area contributed by atoms with Crippen molar-refractivity contribution in [3.63, 3.8) is 0 Å². The molecule has 0 aliphatic heterocycles. The molecule has 0 bridgehead atoms. The van der Waals surface area contributed by atoms with Gasteiger partial charge in [-0.05, 0) is 44.4 Å². The van der Waals surface area contributed by atoms with Crippen molar-refractivity contribution in [2.24, 2.45) is 11.8 Å². The molecule has 2 atom stereocenters. The summed E-state index contributed by atoms with van der Waals surface area (Å²) < 4.78 is 0. The number of fused-ring (bicyclic) bond motifs is 1. The van der Waals surface area contributed by atoms with Crippen molar-refractivity contribution in [2.75, 3.05) is 0 Å². The van der Waals surface area contributed by atoms with Crippen molar-refractivity contribution < 1.29 is 0 Å². The van der Waals surface area contributed by atoms with Crippen molar-refractivity contribution >= 4 is 0 Å². The molecule has 0 aromatic carbocycles. The highest BCUT2D eigenvalue weighted by Crippen LogP contribution is 2.43. The second-order valence-electron chi connectivity index (χ2n) is 4.03. The molecule has 60 valence electrons. The Labute approximate surface area is 69.7 Å². The van der Waals surface area contributed by atoms with Crippen molar-refractivity contribution in [1.82, 2.24) is 0 Å². The molecule has 2 rings (SSSR count). The summed E-state index contributed by atoms with van der Waals surface area (Å²) in [5, 5.41) is 0. The number of allylic oxidation sites excluding steroid dienone is 2. The smallest absolute Gasteiger partial charge is 0.0122 e. The molecule has 2 radical (unpaired) electrons. The highest BCUT2D eigenvalue weighted by molar-refractivity contribution is 5.30. The summed E-state index contributed by atoms with van der Waals surface area (Å²) >= 11 is 0. The Morgan fingerprint density at radius 3 is 2.91 bits per heavy atom. The van der Waals surface area contributed by atoms with Gasteiger partial charge in [-0.3, -0.25) is 0 Å². The Kier molecular flexibility index (Phi) is 1.78. The van der Waals surface area contributed by atoms with Gasteiger partial charge in [0, 0.05) is 6.42 Å². The fraction of sp³-hybridized carbons (Fsp3) is 0.727. The molecule has 0 aromatic heterocycles. The number of rotatable bonds is 0. The van der Waals surface area contributed by atoms with Gasteiger partial charge >= 0.3 is 0 Å². The van der Waals surface area contributed by atoms with Crippen molar-refractivity contribution in [3.05, 3.63) is 17.6 Å². The molecule has 2 unspecified atom stereocenters. The monoisotopic (exact) mass is 148 g/mol. The lowest BCUT2D eigenvalue weighted by Crippen LogP contribution is -2.16. The van der Waals surface area contributed by atoms with E-state index in [2.05, 4.69) is 20.3 Å². The predicted molar refractivity (Wildman–Crippen MR) is 47.1 cm³/mol. The molecule has 0 spiro atoms. The van der Waals surface area contributed by atoms with Crippen LogP contribution in [0.5, 0.6) is 0 Å². The normalized spacial score (nSPS) is 37.6. The van der Waals surface area contributed by atoms with E-state index in [9.17, 15) is 0 Å². The summed E-state index contributed by atoms with van der Waals surface area (Å²) in [7, 11) is 0. The SMILES string of the molecule is CC1=C2[C]CCC(C)C2CC1. The number of hydrogen-bond acceptors (Lipinski definition) is 0. The zero-order valence-electron chi connectivity index (χ0n) is 7.48. The Morgan fingerprint density at radius 2 is 2.18 bits per heavy atom. The molecule has 0 saturated heterocycles. The fourth-order valence-corrected chi connectivity index (χ4v) is 2.45. The second-order valence-corrected chi connectivity index (χ2v) is 4.03.